The molecule has 0 spiro atoms. The van der Waals surface area contributed by atoms with Crippen LogP contribution in [0.3, 0.4) is 0 Å². The Morgan fingerprint density at radius 3 is 2.43 bits per heavy atom. The molecule has 1 amide bonds. The van der Waals surface area contributed by atoms with Crippen molar-refractivity contribution in [3.8, 4) is 0 Å². The lowest BCUT2D eigenvalue weighted by atomic mass is 9.48. The number of carbonyl (C=O) groups excluding carboxylic acids is 2. The Bertz CT molecular complexity index is 1020. The summed E-state index contributed by atoms with van der Waals surface area (Å²) in [7, 11) is 0. The number of aromatic amines is 1. The summed E-state index contributed by atoms with van der Waals surface area (Å²) in [6, 6.07) is 8.35. The summed E-state index contributed by atoms with van der Waals surface area (Å²) in [6.45, 7) is 1.77. The minimum absolute atomic E-state index is 0.0810. The van der Waals surface area contributed by atoms with Gasteiger partial charge in [-0.05, 0) is 74.7 Å². The fraction of sp³-hybridized carbons (Fsp3) is 0.542. The van der Waals surface area contributed by atoms with Crippen LogP contribution in [-0.2, 0) is 9.53 Å². The summed E-state index contributed by atoms with van der Waals surface area (Å²) >= 11 is 0. The molecule has 6 heteroatoms. The first-order valence-electron chi connectivity index (χ1n) is 11.0. The number of aromatic nitrogens is 1. The van der Waals surface area contributed by atoms with Crippen molar-refractivity contribution in [2.75, 3.05) is 6.61 Å². The minimum atomic E-state index is -0.657. The highest BCUT2D eigenvalue weighted by Gasteiger charge is 2.53. The largest absolute Gasteiger partial charge is 0.452 e. The van der Waals surface area contributed by atoms with Crippen LogP contribution in [0.15, 0.2) is 35.1 Å². The lowest BCUT2D eigenvalue weighted by molar-refractivity contribution is -0.128. The molecule has 4 bridgehead atoms. The van der Waals surface area contributed by atoms with Gasteiger partial charge in [-0.1, -0.05) is 18.2 Å². The number of ether oxygens (including phenoxy) is 1. The number of hydrogen-bond donors (Lipinski definition) is 2. The van der Waals surface area contributed by atoms with Crippen molar-refractivity contribution in [3.63, 3.8) is 0 Å². The fourth-order valence-corrected chi connectivity index (χ4v) is 6.73. The molecule has 2 N–H and O–H groups in total. The van der Waals surface area contributed by atoms with Gasteiger partial charge in [0.2, 0.25) is 5.56 Å². The lowest BCUT2D eigenvalue weighted by Gasteiger charge is -2.59. The van der Waals surface area contributed by atoms with E-state index in [-0.39, 0.29) is 35.1 Å². The van der Waals surface area contributed by atoms with E-state index in [4.69, 9.17) is 4.74 Å². The molecular weight excluding hydrogens is 380 g/mol. The Kier molecular flexibility index (Phi) is 4.68. The first kappa shape index (κ1) is 19.3. The second-order valence-corrected chi connectivity index (χ2v) is 9.74. The Morgan fingerprint density at radius 2 is 1.77 bits per heavy atom. The number of rotatable bonds is 5. The SMILES string of the molecule is C[C@@H](NC(=O)COC(=O)c1cc(=O)[nH]c2ccccc12)C12CC3CC(CC(C3)C1)C2. The van der Waals surface area contributed by atoms with Crippen molar-refractivity contribution in [2.45, 2.75) is 51.5 Å². The Balaban J connectivity index is 1.23. The average Bonchev–Trinajstić information content (AvgIpc) is 2.70. The molecule has 4 aliphatic carbocycles. The normalized spacial score (nSPS) is 30.2. The summed E-state index contributed by atoms with van der Waals surface area (Å²) < 4.78 is 5.27. The maximum Gasteiger partial charge on any atom is 0.339 e. The van der Waals surface area contributed by atoms with E-state index in [1.165, 1.54) is 44.6 Å². The predicted molar refractivity (Wildman–Crippen MR) is 113 cm³/mol. The number of benzene rings is 1. The fourth-order valence-electron chi connectivity index (χ4n) is 6.73. The van der Waals surface area contributed by atoms with E-state index in [2.05, 4.69) is 17.2 Å². The van der Waals surface area contributed by atoms with Gasteiger partial charge in [-0.3, -0.25) is 9.59 Å². The van der Waals surface area contributed by atoms with Gasteiger partial charge in [0, 0.05) is 23.0 Å². The number of amides is 1. The highest BCUT2D eigenvalue weighted by molar-refractivity contribution is 6.03. The third-order valence-corrected chi connectivity index (χ3v) is 7.69. The topological polar surface area (TPSA) is 88.3 Å². The van der Waals surface area contributed by atoms with Crippen molar-refractivity contribution in [1.29, 1.82) is 0 Å². The van der Waals surface area contributed by atoms with E-state index in [9.17, 15) is 14.4 Å². The van der Waals surface area contributed by atoms with Gasteiger partial charge in [0.25, 0.3) is 5.91 Å². The Hall–Kier alpha value is -2.63. The number of fused-ring (bicyclic) bond motifs is 1. The monoisotopic (exact) mass is 408 g/mol. The molecule has 0 aliphatic heterocycles. The molecule has 2 aromatic rings. The van der Waals surface area contributed by atoms with Crippen LogP contribution in [-0.4, -0.2) is 29.5 Å². The first-order chi connectivity index (χ1) is 14.4. The molecule has 1 heterocycles. The van der Waals surface area contributed by atoms with E-state index in [0.29, 0.717) is 10.9 Å². The third-order valence-electron chi connectivity index (χ3n) is 7.69. The Morgan fingerprint density at radius 1 is 1.13 bits per heavy atom. The highest BCUT2D eigenvalue weighted by Crippen LogP contribution is 2.61. The minimum Gasteiger partial charge on any atom is -0.452 e. The maximum atomic E-state index is 12.6. The van der Waals surface area contributed by atoms with E-state index >= 15 is 0 Å². The van der Waals surface area contributed by atoms with Crippen LogP contribution in [0.5, 0.6) is 0 Å². The van der Waals surface area contributed by atoms with E-state index in [1.807, 2.05) is 0 Å². The molecule has 6 nitrogen and oxygen atoms in total. The van der Waals surface area contributed by atoms with Gasteiger partial charge in [0.15, 0.2) is 6.61 Å². The van der Waals surface area contributed by atoms with Crippen LogP contribution in [0.4, 0.5) is 0 Å². The number of pyridine rings is 1. The van der Waals surface area contributed by atoms with Gasteiger partial charge in [0.05, 0.1) is 5.56 Å². The second kappa shape index (κ2) is 7.25. The summed E-state index contributed by atoms with van der Waals surface area (Å²) in [6.07, 6.45) is 7.71. The number of nitrogens with one attached hydrogen (secondary N) is 2. The van der Waals surface area contributed by atoms with Crippen molar-refractivity contribution < 1.29 is 14.3 Å². The van der Waals surface area contributed by atoms with Crippen molar-refractivity contribution in [3.05, 3.63) is 46.2 Å². The van der Waals surface area contributed by atoms with Crippen LogP contribution in [0.1, 0.15) is 55.8 Å². The first-order valence-corrected chi connectivity index (χ1v) is 11.0. The summed E-state index contributed by atoms with van der Waals surface area (Å²) in [5, 5.41) is 3.71. The zero-order chi connectivity index (χ0) is 20.9. The van der Waals surface area contributed by atoms with Gasteiger partial charge in [0.1, 0.15) is 0 Å². The summed E-state index contributed by atoms with van der Waals surface area (Å²) in [5.74, 6) is 1.52. The number of para-hydroxylation sites is 1. The lowest BCUT2D eigenvalue weighted by Crippen LogP contribution is -2.56. The van der Waals surface area contributed by atoms with Crippen molar-refractivity contribution >= 4 is 22.8 Å². The van der Waals surface area contributed by atoms with Gasteiger partial charge in [-0.25, -0.2) is 4.79 Å². The molecule has 158 valence electrons. The van der Waals surface area contributed by atoms with E-state index in [1.54, 1.807) is 24.3 Å². The Labute approximate surface area is 175 Å². The van der Waals surface area contributed by atoms with Gasteiger partial charge in [-0.15, -0.1) is 0 Å². The molecule has 0 unspecified atom stereocenters. The van der Waals surface area contributed by atoms with Crippen molar-refractivity contribution in [2.24, 2.45) is 23.2 Å². The zero-order valence-corrected chi connectivity index (χ0v) is 17.3. The molecule has 0 radical (unpaired) electrons. The van der Waals surface area contributed by atoms with Crippen LogP contribution < -0.4 is 10.9 Å². The van der Waals surface area contributed by atoms with Gasteiger partial charge in [-0.2, -0.15) is 0 Å². The molecule has 4 saturated carbocycles. The number of H-pyrrole nitrogens is 1. The predicted octanol–water partition coefficient (Wildman–Crippen LogP) is 3.41. The van der Waals surface area contributed by atoms with Gasteiger partial charge < -0.3 is 15.0 Å². The zero-order valence-electron chi connectivity index (χ0n) is 17.3. The highest BCUT2D eigenvalue weighted by atomic mass is 16.5. The summed E-state index contributed by atoms with van der Waals surface area (Å²) in [5.41, 5.74) is 0.575. The molecule has 30 heavy (non-hydrogen) atoms. The van der Waals surface area contributed by atoms with Crippen LogP contribution >= 0.6 is 0 Å². The van der Waals surface area contributed by atoms with Crippen molar-refractivity contribution in [1.82, 2.24) is 10.3 Å². The molecular formula is C24H28N2O4. The van der Waals surface area contributed by atoms with Crippen LogP contribution in [0.2, 0.25) is 0 Å². The molecule has 4 fully saturated rings. The molecule has 1 aromatic heterocycles. The van der Waals surface area contributed by atoms with E-state index < -0.39 is 5.97 Å². The number of esters is 1. The van der Waals surface area contributed by atoms with E-state index in [0.717, 1.165) is 17.8 Å². The standard InChI is InChI=1S/C24H28N2O4/c1-14(24-10-15-6-16(11-24)8-17(7-15)12-24)25-22(28)13-30-23(29)19-9-21(27)26-20-5-3-2-4-18(19)20/h2-5,9,14-17H,6-8,10-13H2,1H3,(H,25,28)(H,26,27)/t14-,15?,16?,17?,24?/m1/s1. The third kappa shape index (κ3) is 3.42. The molecule has 1 atom stereocenters. The maximum absolute atomic E-state index is 12.6. The summed E-state index contributed by atoms with van der Waals surface area (Å²) in [4.78, 5) is 39.7. The second-order valence-electron chi connectivity index (χ2n) is 9.74. The quantitative estimate of drug-likeness (QED) is 0.742. The molecule has 0 saturated heterocycles. The number of carbonyl (C=O) groups is 2. The van der Waals surface area contributed by atoms with Crippen LogP contribution in [0, 0.1) is 23.2 Å². The van der Waals surface area contributed by atoms with Gasteiger partial charge >= 0.3 is 5.97 Å². The number of hydrogen-bond acceptors (Lipinski definition) is 4. The molecule has 4 aliphatic rings. The molecule has 6 rings (SSSR count). The van der Waals surface area contributed by atoms with Crippen LogP contribution in [0.25, 0.3) is 10.9 Å². The smallest absolute Gasteiger partial charge is 0.339 e. The average molecular weight is 408 g/mol. The molecule has 1 aromatic carbocycles.